The van der Waals surface area contributed by atoms with Gasteiger partial charge in [-0.05, 0) is 5.56 Å². The molecule has 1 aromatic rings. The maximum Gasteiger partial charge on any atom is 0.410 e. The Morgan fingerprint density at radius 3 is 2.89 bits per heavy atom. The van der Waals surface area contributed by atoms with Crippen molar-refractivity contribution in [2.24, 2.45) is 5.92 Å². The first-order valence-electron chi connectivity index (χ1n) is 6.35. The highest BCUT2D eigenvalue weighted by Gasteiger charge is 2.49. The Morgan fingerprint density at radius 1 is 1.39 bits per heavy atom. The number of rotatable bonds is 2. The van der Waals surface area contributed by atoms with Crippen LogP contribution in [0, 0.1) is 5.92 Å². The van der Waals surface area contributed by atoms with Gasteiger partial charge in [-0.3, -0.25) is 0 Å². The average molecular weight is 247 g/mol. The van der Waals surface area contributed by atoms with Gasteiger partial charge in [0.05, 0.1) is 12.6 Å². The van der Waals surface area contributed by atoms with Crippen molar-refractivity contribution in [3.63, 3.8) is 0 Å². The molecule has 18 heavy (non-hydrogen) atoms. The Bertz CT molecular complexity index is 434. The summed E-state index contributed by atoms with van der Waals surface area (Å²) in [6.07, 6.45) is 0.362. The monoisotopic (exact) mass is 247 g/mol. The number of benzene rings is 1. The first-order valence-corrected chi connectivity index (χ1v) is 6.35. The van der Waals surface area contributed by atoms with Crippen molar-refractivity contribution >= 4 is 6.09 Å². The van der Waals surface area contributed by atoms with E-state index in [-0.39, 0.29) is 12.2 Å². The zero-order valence-corrected chi connectivity index (χ0v) is 10.4. The molecule has 0 spiro atoms. The fourth-order valence-electron chi connectivity index (χ4n) is 2.51. The van der Waals surface area contributed by atoms with Gasteiger partial charge in [0.1, 0.15) is 12.7 Å². The molecule has 0 radical (unpaired) electrons. The van der Waals surface area contributed by atoms with Gasteiger partial charge in [-0.25, -0.2) is 4.79 Å². The van der Waals surface area contributed by atoms with Crippen LogP contribution in [0.2, 0.25) is 0 Å². The highest BCUT2D eigenvalue weighted by molar-refractivity contribution is 5.68. The number of ether oxygens (including phenoxy) is 2. The minimum absolute atomic E-state index is 0.234. The van der Waals surface area contributed by atoms with Crippen LogP contribution in [0.15, 0.2) is 30.3 Å². The van der Waals surface area contributed by atoms with Crippen LogP contribution in [0.3, 0.4) is 0 Å². The van der Waals surface area contributed by atoms with Crippen LogP contribution >= 0.6 is 0 Å². The Hall–Kier alpha value is -1.55. The quantitative estimate of drug-likeness (QED) is 0.751. The van der Waals surface area contributed by atoms with Crippen molar-refractivity contribution in [1.82, 2.24) is 4.90 Å². The van der Waals surface area contributed by atoms with E-state index in [4.69, 9.17) is 9.47 Å². The number of likely N-dealkylation sites (tertiary alicyclic amines) is 1. The second kappa shape index (κ2) is 4.61. The van der Waals surface area contributed by atoms with Crippen molar-refractivity contribution in [3.8, 4) is 0 Å². The molecule has 96 valence electrons. The minimum Gasteiger partial charge on any atom is -0.445 e. The minimum atomic E-state index is -0.236. The Kier molecular flexibility index (Phi) is 2.96. The van der Waals surface area contributed by atoms with Gasteiger partial charge in [0.15, 0.2) is 0 Å². The molecule has 0 aliphatic carbocycles. The number of carbonyl (C=O) groups excluding carboxylic acids is 1. The second-order valence-electron chi connectivity index (χ2n) is 5.06. The summed E-state index contributed by atoms with van der Waals surface area (Å²) in [5.41, 5.74) is 1.01. The summed E-state index contributed by atoms with van der Waals surface area (Å²) >= 11 is 0. The third kappa shape index (κ3) is 2.34. The lowest BCUT2D eigenvalue weighted by molar-refractivity contribution is 0.0861. The highest BCUT2D eigenvalue weighted by Crippen LogP contribution is 2.35. The first-order chi connectivity index (χ1) is 8.74. The predicted molar refractivity (Wildman–Crippen MR) is 66.0 cm³/mol. The molecule has 0 aromatic heterocycles. The lowest BCUT2D eigenvalue weighted by Gasteiger charge is -2.27. The molecule has 0 saturated carbocycles. The third-order valence-electron chi connectivity index (χ3n) is 3.55. The van der Waals surface area contributed by atoms with Gasteiger partial charge in [-0.1, -0.05) is 37.3 Å². The van der Waals surface area contributed by atoms with Gasteiger partial charge in [-0.15, -0.1) is 0 Å². The van der Waals surface area contributed by atoms with Gasteiger partial charge < -0.3 is 14.4 Å². The summed E-state index contributed by atoms with van der Waals surface area (Å²) < 4.78 is 10.8. The number of carbonyl (C=O) groups is 1. The van der Waals surface area contributed by atoms with Crippen LogP contribution in [0.5, 0.6) is 0 Å². The molecule has 0 N–H and O–H groups in total. The molecule has 4 heteroatoms. The summed E-state index contributed by atoms with van der Waals surface area (Å²) in [5, 5.41) is 0. The van der Waals surface area contributed by atoms with Crippen LogP contribution < -0.4 is 0 Å². The SMILES string of the molecule is C[C@@H]1CN(C(=O)OCc2ccccc2)C[C@@H]2O[C@H]12. The molecule has 0 unspecified atom stereocenters. The molecule has 3 atom stereocenters. The van der Waals surface area contributed by atoms with Crippen molar-refractivity contribution < 1.29 is 14.3 Å². The molecule has 2 heterocycles. The van der Waals surface area contributed by atoms with Crippen molar-refractivity contribution in [2.45, 2.75) is 25.7 Å². The molecular formula is C14H17NO3. The van der Waals surface area contributed by atoms with Gasteiger partial charge in [0.2, 0.25) is 0 Å². The highest BCUT2D eigenvalue weighted by atomic mass is 16.6. The lowest BCUT2D eigenvalue weighted by atomic mass is 10.0. The summed E-state index contributed by atoms with van der Waals surface area (Å²) in [5.74, 6) is 0.410. The Balaban J connectivity index is 1.52. The molecule has 4 nitrogen and oxygen atoms in total. The van der Waals surface area contributed by atoms with E-state index in [9.17, 15) is 4.79 Å². The van der Waals surface area contributed by atoms with Crippen molar-refractivity contribution in [3.05, 3.63) is 35.9 Å². The fourth-order valence-corrected chi connectivity index (χ4v) is 2.51. The van der Waals surface area contributed by atoms with Gasteiger partial charge in [0.25, 0.3) is 0 Å². The van der Waals surface area contributed by atoms with E-state index >= 15 is 0 Å². The third-order valence-corrected chi connectivity index (χ3v) is 3.55. The summed E-state index contributed by atoms with van der Waals surface area (Å²) in [4.78, 5) is 13.7. The second-order valence-corrected chi connectivity index (χ2v) is 5.06. The molecule has 1 amide bonds. The largest absolute Gasteiger partial charge is 0.445 e. The summed E-state index contributed by atoms with van der Waals surface area (Å²) in [6.45, 7) is 3.85. The topological polar surface area (TPSA) is 42.1 Å². The molecular weight excluding hydrogens is 230 g/mol. The fraction of sp³-hybridized carbons (Fsp3) is 0.500. The van der Waals surface area contributed by atoms with Crippen LogP contribution in [-0.2, 0) is 16.1 Å². The smallest absolute Gasteiger partial charge is 0.410 e. The number of piperidine rings is 1. The molecule has 2 saturated heterocycles. The van der Waals surface area contributed by atoms with Crippen LogP contribution in [0.25, 0.3) is 0 Å². The predicted octanol–water partition coefficient (Wildman–Crippen LogP) is 2.04. The average Bonchev–Trinajstić information content (AvgIpc) is 3.17. The zero-order valence-electron chi connectivity index (χ0n) is 10.4. The van der Waals surface area contributed by atoms with Gasteiger partial charge >= 0.3 is 6.09 Å². The molecule has 2 aliphatic rings. The molecule has 1 aromatic carbocycles. The van der Waals surface area contributed by atoms with Crippen LogP contribution in [0.1, 0.15) is 12.5 Å². The number of hydrogen-bond donors (Lipinski definition) is 0. The number of amides is 1. The van der Waals surface area contributed by atoms with E-state index in [1.165, 1.54) is 0 Å². The summed E-state index contributed by atoms with van der Waals surface area (Å²) in [6, 6.07) is 9.73. The normalized spacial score (nSPS) is 29.6. The lowest BCUT2D eigenvalue weighted by Crippen LogP contribution is -2.43. The van der Waals surface area contributed by atoms with Gasteiger partial charge in [-0.2, -0.15) is 0 Å². The number of fused-ring (bicyclic) bond motifs is 1. The van der Waals surface area contributed by atoms with E-state index in [1.807, 2.05) is 30.3 Å². The maximum atomic E-state index is 11.9. The Morgan fingerprint density at radius 2 is 2.17 bits per heavy atom. The van der Waals surface area contributed by atoms with E-state index in [0.29, 0.717) is 25.2 Å². The zero-order chi connectivity index (χ0) is 12.5. The maximum absolute atomic E-state index is 11.9. The first kappa shape index (κ1) is 11.5. The molecule has 2 aliphatic heterocycles. The number of nitrogens with zero attached hydrogens (tertiary/aromatic N) is 1. The molecule has 0 bridgehead atoms. The number of hydrogen-bond acceptors (Lipinski definition) is 3. The van der Waals surface area contributed by atoms with E-state index in [1.54, 1.807) is 4.90 Å². The van der Waals surface area contributed by atoms with Gasteiger partial charge in [0, 0.05) is 12.5 Å². The van der Waals surface area contributed by atoms with E-state index < -0.39 is 0 Å². The standard InChI is InChI=1S/C14H17NO3/c1-10-7-15(8-12-13(10)18-12)14(16)17-9-11-5-3-2-4-6-11/h2-6,10,12-13H,7-9H2,1H3/t10-,12+,13-/m1/s1. The number of epoxide rings is 1. The van der Waals surface area contributed by atoms with E-state index in [0.717, 1.165) is 12.1 Å². The summed E-state index contributed by atoms with van der Waals surface area (Å²) in [7, 11) is 0. The Labute approximate surface area is 106 Å². The van der Waals surface area contributed by atoms with Crippen LogP contribution in [0.4, 0.5) is 4.79 Å². The van der Waals surface area contributed by atoms with Crippen LogP contribution in [-0.4, -0.2) is 36.3 Å². The molecule has 3 rings (SSSR count). The van der Waals surface area contributed by atoms with E-state index in [2.05, 4.69) is 6.92 Å². The van der Waals surface area contributed by atoms with Crippen molar-refractivity contribution in [2.75, 3.05) is 13.1 Å². The van der Waals surface area contributed by atoms with Crippen molar-refractivity contribution in [1.29, 1.82) is 0 Å². The molecule has 2 fully saturated rings.